The Morgan fingerprint density at radius 3 is 2.59 bits per heavy atom. The lowest BCUT2D eigenvalue weighted by molar-refractivity contribution is 0.0832. The van der Waals surface area contributed by atoms with E-state index in [4.69, 9.17) is 4.42 Å². The first-order valence-corrected chi connectivity index (χ1v) is 8.29. The number of halogens is 1. The van der Waals surface area contributed by atoms with Gasteiger partial charge in [-0.15, -0.1) is 0 Å². The topological polar surface area (TPSA) is 76.3 Å². The quantitative estimate of drug-likeness (QED) is 0.534. The van der Waals surface area contributed by atoms with Gasteiger partial charge in [-0.2, -0.15) is 0 Å². The molecule has 2 amide bonds. The minimum atomic E-state index is -0.613. The van der Waals surface area contributed by atoms with Crippen LogP contribution in [0.15, 0.2) is 53.1 Å². The molecule has 2 N–H and O–H groups in total. The summed E-state index contributed by atoms with van der Waals surface area (Å²) in [6.45, 7) is 1.66. The summed E-state index contributed by atoms with van der Waals surface area (Å²) in [6.07, 6.45) is 1.70. The summed E-state index contributed by atoms with van der Waals surface area (Å²) in [7, 11) is 1.84. The molecule has 4 aromatic rings. The van der Waals surface area contributed by atoms with E-state index in [0.29, 0.717) is 22.1 Å². The Morgan fingerprint density at radius 1 is 1.04 bits per heavy atom. The number of fused-ring (bicyclic) bond motifs is 2. The van der Waals surface area contributed by atoms with Crippen LogP contribution in [-0.4, -0.2) is 16.4 Å². The number of aryl methyl sites for hydroxylation is 2. The fourth-order valence-electron chi connectivity index (χ4n) is 3.17. The molecule has 0 atom stereocenters. The van der Waals surface area contributed by atoms with Gasteiger partial charge in [-0.1, -0.05) is 18.2 Å². The third kappa shape index (κ3) is 2.83. The summed E-state index contributed by atoms with van der Waals surface area (Å²) in [5, 5.41) is 1.29. The number of aromatic nitrogens is 1. The van der Waals surface area contributed by atoms with Crippen molar-refractivity contribution in [2.45, 2.75) is 6.92 Å². The van der Waals surface area contributed by atoms with Gasteiger partial charge in [0.15, 0.2) is 5.76 Å². The van der Waals surface area contributed by atoms with Crippen LogP contribution >= 0.6 is 0 Å². The second-order valence-electron chi connectivity index (χ2n) is 6.28. The first-order chi connectivity index (χ1) is 13.0. The molecule has 7 heteroatoms. The standard InChI is InChI=1S/C20H16FN3O3/c1-11-14-9-12(21)7-8-17(14)27-18(11)20(26)23-22-19(25)15-10-24(2)16-6-4-3-5-13(15)16/h3-10H,1-2H3,(H,22,25)(H,23,26). The number of para-hydroxylation sites is 1. The van der Waals surface area contributed by atoms with Gasteiger partial charge in [-0.25, -0.2) is 4.39 Å². The number of nitrogens with one attached hydrogen (secondary N) is 2. The van der Waals surface area contributed by atoms with Crippen molar-refractivity contribution >= 4 is 33.7 Å². The highest BCUT2D eigenvalue weighted by Crippen LogP contribution is 2.26. The van der Waals surface area contributed by atoms with Gasteiger partial charge in [0.05, 0.1) is 5.56 Å². The van der Waals surface area contributed by atoms with E-state index in [1.807, 2.05) is 35.9 Å². The molecule has 0 aliphatic heterocycles. The van der Waals surface area contributed by atoms with Gasteiger partial charge < -0.3 is 8.98 Å². The van der Waals surface area contributed by atoms with Crippen LogP contribution in [0.2, 0.25) is 0 Å². The van der Waals surface area contributed by atoms with Crippen molar-refractivity contribution in [3.63, 3.8) is 0 Å². The number of carbonyl (C=O) groups excluding carboxylic acids is 2. The fraction of sp³-hybridized carbons (Fsp3) is 0.100. The van der Waals surface area contributed by atoms with Crippen molar-refractivity contribution in [1.82, 2.24) is 15.4 Å². The monoisotopic (exact) mass is 365 g/mol. The fourth-order valence-corrected chi connectivity index (χ4v) is 3.17. The molecule has 0 saturated heterocycles. The van der Waals surface area contributed by atoms with Gasteiger partial charge in [-0.05, 0) is 31.2 Å². The Morgan fingerprint density at radius 2 is 1.78 bits per heavy atom. The summed E-state index contributed by atoms with van der Waals surface area (Å²) < 4.78 is 20.7. The zero-order chi connectivity index (χ0) is 19.1. The third-order valence-corrected chi connectivity index (χ3v) is 4.54. The highest BCUT2D eigenvalue weighted by Gasteiger charge is 2.20. The van der Waals surface area contributed by atoms with E-state index < -0.39 is 17.6 Å². The predicted octanol–water partition coefficient (Wildman–Crippen LogP) is 3.45. The summed E-state index contributed by atoms with van der Waals surface area (Å²) in [6, 6.07) is 11.5. The predicted molar refractivity (Wildman–Crippen MR) is 98.8 cm³/mol. The maximum absolute atomic E-state index is 13.4. The van der Waals surface area contributed by atoms with Crippen LogP contribution in [0.4, 0.5) is 4.39 Å². The number of rotatable bonds is 2. The van der Waals surface area contributed by atoms with Crippen LogP contribution in [0.3, 0.4) is 0 Å². The number of hydrogen-bond acceptors (Lipinski definition) is 3. The van der Waals surface area contributed by atoms with Crippen molar-refractivity contribution < 1.29 is 18.4 Å². The Hall–Kier alpha value is -3.61. The van der Waals surface area contributed by atoms with E-state index in [-0.39, 0.29) is 5.76 Å². The van der Waals surface area contributed by atoms with Gasteiger partial charge in [0.25, 0.3) is 5.91 Å². The van der Waals surface area contributed by atoms with Gasteiger partial charge >= 0.3 is 5.91 Å². The molecule has 2 aromatic heterocycles. The number of amides is 2. The van der Waals surface area contributed by atoms with Gasteiger partial charge in [0.2, 0.25) is 0 Å². The van der Waals surface area contributed by atoms with Gasteiger partial charge in [-0.3, -0.25) is 20.4 Å². The molecule has 0 fully saturated rings. The molecule has 2 heterocycles. The maximum Gasteiger partial charge on any atom is 0.305 e. The van der Waals surface area contributed by atoms with Gasteiger partial charge in [0.1, 0.15) is 11.4 Å². The molecular formula is C20H16FN3O3. The number of carbonyl (C=O) groups is 2. The smallest absolute Gasteiger partial charge is 0.305 e. The van der Waals surface area contributed by atoms with E-state index >= 15 is 0 Å². The van der Waals surface area contributed by atoms with Crippen molar-refractivity contribution in [2.24, 2.45) is 7.05 Å². The molecule has 4 rings (SSSR count). The third-order valence-electron chi connectivity index (χ3n) is 4.54. The van der Waals surface area contributed by atoms with Crippen LogP contribution < -0.4 is 10.9 Å². The van der Waals surface area contributed by atoms with Crippen LogP contribution in [0, 0.1) is 12.7 Å². The van der Waals surface area contributed by atoms with E-state index in [0.717, 1.165) is 10.9 Å². The lowest BCUT2D eigenvalue weighted by Crippen LogP contribution is -2.41. The zero-order valence-corrected chi connectivity index (χ0v) is 14.7. The first-order valence-electron chi connectivity index (χ1n) is 8.29. The lowest BCUT2D eigenvalue weighted by Gasteiger charge is -2.05. The summed E-state index contributed by atoms with van der Waals surface area (Å²) in [5.41, 5.74) is 7.00. The first kappa shape index (κ1) is 16.8. The van der Waals surface area contributed by atoms with Crippen molar-refractivity contribution in [3.05, 3.63) is 71.4 Å². The van der Waals surface area contributed by atoms with Crippen LogP contribution in [0.25, 0.3) is 21.9 Å². The number of furan rings is 1. The molecule has 0 saturated carbocycles. The minimum Gasteiger partial charge on any atom is -0.451 e. The Kier molecular flexibility index (Phi) is 3.92. The molecular weight excluding hydrogens is 349 g/mol. The number of hydrogen-bond donors (Lipinski definition) is 2. The molecule has 136 valence electrons. The summed E-state index contributed by atoms with van der Waals surface area (Å²) in [4.78, 5) is 24.9. The van der Waals surface area contributed by atoms with Crippen LogP contribution in [-0.2, 0) is 7.05 Å². The molecule has 0 spiro atoms. The minimum absolute atomic E-state index is 0.0221. The average Bonchev–Trinajstić information content (AvgIpc) is 3.18. The molecule has 0 unspecified atom stereocenters. The summed E-state index contributed by atoms with van der Waals surface area (Å²) in [5.74, 6) is -1.45. The van der Waals surface area contributed by atoms with Gasteiger partial charge in [0, 0.05) is 35.1 Å². The SMILES string of the molecule is Cc1c(C(=O)NNC(=O)c2cn(C)c3ccccc23)oc2ccc(F)cc12. The highest BCUT2D eigenvalue weighted by atomic mass is 19.1. The maximum atomic E-state index is 13.4. The van der Waals surface area contributed by atoms with Crippen molar-refractivity contribution in [3.8, 4) is 0 Å². The molecule has 2 aromatic carbocycles. The van der Waals surface area contributed by atoms with E-state index in [1.54, 1.807) is 13.1 Å². The highest BCUT2D eigenvalue weighted by molar-refractivity contribution is 6.08. The molecule has 6 nitrogen and oxygen atoms in total. The second kappa shape index (κ2) is 6.28. The molecule has 0 aliphatic carbocycles. The second-order valence-corrected chi connectivity index (χ2v) is 6.28. The molecule has 27 heavy (non-hydrogen) atoms. The van der Waals surface area contributed by atoms with Crippen molar-refractivity contribution in [1.29, 1.82) is 0 Å². The Bertz CT molecular complexity index is 1210. The average molecular weight is 365 g/mol. The largest absolute Gasteiger partial charge is 0.451 e. The van der Waals surface area contributed by atoms with E-state index in [9.17, 15) is 14.0 Å². The van der Waals surface area contributed by atoms with Crippen LogP contribution in [0.5, 0.6) is 0 Å². The molecule has 0 aliphatic rings. The van der Waals surface area contributed by atoms with Crippen molar-refractivity contribution in [2.75, 3.05) is 0 Å². The summed E-state index contributed by atoms with van der Waals surface area (Å²) >= 11 is 0. The molecule has 0 bridgehead atoms. The normalized spacial score (nSPS) is 11.1. The Labute approximate surface area is 153 Å². The van der Waals surface area contributed by atoms with Crippen LogP contribution in [0.1, 0.15) is 26.5 Å². The number of hydrazine groups is 1. The lowest BCUT2D eigenvalue weighted by atomic mass is 10.1. The number of nitrogens with zero attached hydrogens (tertiary/aromatic N) is 1. The Balaban J connectivity index is 1.55. The zero-order valence-electron chi connectivity index (χ0n) is 14.7. The number of benzene rings is 2. The van der Waals surface area contributed by atoms with E-state index in [2.05, 4.69) is 10.9 Å². The molecule has 0 radical (unpaired) electrons. The van der Waals surface area contributed by atoms with E-state index in [1.165, 1.54) is 18.2 Å².